The second-order valence-electron chi connectivity index (χ2n) is 8.30. The van der Waals surface area contributed by atoms with Crippen molar-refractivity contribution >= 4 is 16.7 Å². The third-order valence-electron chi connectivity index (χ3n) is 5.96. The van der Waals surface area contributed by atoms with E-state index in [1.807, 2.05) is 6.07 Å². The molecule has 2 aromatic heterocycles. The van der Waals surface area contributed by atoms with E-state index in [0.717, 1.165) is 32.0 Å². The number of nitrogens with one attached hydrogen (secondary N) is 1. The van der Waals surface area contributed by atoms with Crippen LogP contribution >= 0.6 is 0 Å². The van der Waals surface area contributed by atoms with Crippen LogP contribution in [0.15, 0.2) is 36.7 Å². The first-order valence-corrected chi connectivity index (χ1v) is 10.6. The molecule has 9 heteroatoms. The smallest absolute Gasteiger partial charge is 0.416 e. The van der Waals surface area contributed by atoms with E-state index in [0.29, 0.717) is 28.0 Å². The maximum absolute atomic E-state index is 13.3. The largest absolute Gasteiger partial charge is 0.489 e. The number of pyridine rings is 1. The van der Waals surface area contributed by atoms with Crippen molar-refractivity contribution in [2.75, 3.05) is 25.5 Å². The van der Waals surface area contributed by atoms with Crippen molar-refractivity contribution in [3.63, 3.8) is 0 Å². The van der Waals surface area contributed by atoms with Crippen molar-refractivity contribution in [1.29, 1.82) is 0 Å². The van der Waals surface area contributed by atoms with Gasteiger partial charge in [-0.05, 0) is 57.0 Å². The van der Waals surface area contributed by atoms with Crippen LogP contribution in [0, 0.1) is 6.92 Å². The summed E-state index contributed by atoms with van der Waals surface area (Å²) in [4.78, 5) is 6.71. The van der Waals surface area contributed by atoms with Crippen molar-refractivity contribution < 1.29 is 17.9 Å². The number of anilines is 1. The first-order chi connectivity index (χ1) is 15.2. The number of rotatable bonds is 5. The maximum Gasteiger partial charge on any atom is 0.416 e. The van der Waals surface area contributed by atoms with Crippen LogP contribution in [-0.2, 0) is 6.18 Å². The maximum atomic E-state index is 13.3. The lowest BCUT2D eigenvalue weighted by molar-refractivity contribution is -0.138. The number of halogens is 3. The molecule has 170 valence electrons. The second kappa shape index (κ2) is 8.90. The minimum absolute atomic E-state index is 0.128. The van der Waals surface area contributed by atoms with Crippen molar-refractivity contribution in [2.24, 2.45) is 0 Å². The Labute approximate surface area is 184 Å². The standard InChI is InChI=1S/C23H26F3N5O/c1-14-18(5-4-6-20(14)23(24,25)26)15(2)29-22-19-11-17(12-27-21(19)13-28-30-22)32-16-7-9-31(3)10-8-16/h4-6,11-13,15-16H,7-10H2,1-3H3,(H,29,30)/t15-/m1/s1. The predicted molar refractivity (Wildman–Crippen MR) is 117 cm³/mol. The molecule has 1 fully saturated rings. The van der Waals surface area contributed by atoms with Gasteiger partial charge in [0, 0.05) is 18.5 Å². The quantitative estimate of drug-likeness (QED) is 0.597. The lowest BCUT2D eigenvalue weighted by Gasteiger charge is -2.29. The Balaban J connectivity index is 1.59. The highest BCUT2D eigenvalue weighted by Crippen LogP contribution is 2.35. The van der Waals surface area contributed by atoms with Crippen molar-refractivity contribution in [2.45, 2.75) is 45.0 Å². The van der Waals surface area contributed by atoms with E-state index in [-0.39, 0.29) is 11.7 Å². The van der Waals surface area contributed by atoms with E-state index in [2.05, 4.69) is 32.4 Å². The van der Waals surface area contributed by atoms with E-state index in [1.54, 1.807) is 25.4 Å². The zero-order valence-corrected chi connectivity index (χ0v) is 18.3. The predicted octanol–water partition coefficient (Wildman–Crippen LogP) is 5.00. The Hall–Kier alpha value is -2.94. The van der Waals surface area contributed by atoms with Gasteiger partial charge in [-0.1, -0.05) is 12.1 Å². The normalized spacial score (nSPS) is 16.8. The van der Waals surface area contributed by atoms with Crippen LogP contribution in [0.1, 0.15) is 42.5 Å². The van der Waals surface area contributed by atoms with Crippen LogP contribution in [-0.4, -0.2) is 46.3 Å². The van der Waals surface area contributed by atoms with Gasteiger partial charge in [0.15, 0.2) is 5.82 Å². The summed E-state index contributed by atoms with van der Waals surface area (Å²) in [6.45, 7) is 5.26. The molecule has 6 nitrogen and oxygen atoms in total. The van der Waals surface area contributed by atoms with Gasteiger partial charge in [-0.3, -0.25) is 4.98 Å². The van der Waals surface area contributed by atoms with E-state index in [1.165, 1.54) is 13.0 Å². The van der Waals surface area contributed by atoms with Crippen molar-refractivity contribution in [3.8, 4) is 5.75 Å². The summed E-state index contributed by atoms with van der Waals surface area (Å²) >= 11 is 0. The molecule has 4 rings (SSSR count). The molecule has 1 N–H and O–H groups in total. The van der Waals surface area contributed by atoms with Crippen LogP contribution in [0.3, 0.4) is 0 Å². The Kier molecular flexibility index (Phi) is 6.19. The number of likely N-dealkylation sites (tertiary alicyclic amines) is 1. The highest BCUT2D eigenvalue weighted by Gasteiger charge is 2.33. The van der Waals surface area contributed by atoms with E-state index in [9.17, 15) is 13.2 Å². The Morgan fingerprint density at radius 3 is 2.66 bits per heavy atom. The Bertz CT molecular complexity index is 1100. The van der Waals surface area contributed by atoms with E-state index in [4.69, 9.17) is 4.74 Å². The number of piperidine rings is 1. The van der Waals surface area contributed by atoms with Crippen LogP contribution < -0.4 is 10.1 Å². The van der Waals surface area contributed by atoms with Crippen LogP contribution in [0.5, 0.6) is 5.75 Å². The zero-order valence-electron chi connectivity index (χ0n) is 18.3. The molecular formula is C23H26F3N5O. The molecule has 32 heavy (non-hydrogen) atoms. The van der Waals surface area contributed by atoms with Crippen LogP contribution in [0.2, 0.25) is 0 Å². The summed E-state index contributed by atoms with van der Waals surface area (Å²) in [6, 6.07) is 5.65. The second-order valence-corrected chi connectivity index (χ2v) is 8.30. The molecule has 0 radical (unpaired) electrons. The fourth-order valence-electron chi connectivity index (χ4n) is 4.12. The van der Waals surface area contributed by atoms with Gasteiger partial charge in [0.05, 0.1) is 29.5 Å². The summed E-state index contributed by atoms with van der Waals surface area (Å²) in [7, 11) is 2.09. The zero-order chi connectivity index (χ0) is 22.9. The molecule has 1 saturated heterocycles. The third-order valence-corrected chi connectivity index (χ3v) is 5.96. The Morgan fingerprint density at radius 2 is 1.94 bits per heavy atom. The molecule has 0 aliphatic carbocycles. The number of hydrogen-bond donors (Lipinski definition) is 1. The molecule has 0 unspecified atom stereocenters. The molecule has 3 aromatic rings. The van der Waals surface area contributed by atoms with Gasteiger partial charge in [-0.25, -0.2) is 0 Å². The monoisotopic (exact) mass is 445 g/mol. The van der Waals surface area contributed by atoms with Crippen LogP contribution in [0.25, 0.3) is 10.9 Å². The molecule has 0 spiro atoms. The lowest BCUT2D eigenvalue weighted by Crippen LogP contribution is -2.35. The Morgan fingerprint density at radius 1 is 1.19 bits per heavy atom. The fraction of sp³-hybridized carbons (Fsp3) is 0.435. The van der Waals surface area contributed by atoms with Gasteiger partial charge in [0.2, 0.25) is 0 Å². The molecule has 0 bridgehead atoms. The highest BCUT2D eigenvalue weighted by molar-refractivity contribution is 5.89. The molecule has 0 saturated carbocycles. The van der Waals surface area contributed by atoms with E-state index >= 15 is 0 Å². The average molecular weight is 445 g/mol. The summed E-state index contributed by atoms with van der Waals surface area (Å²) < 4.78 is 46.1. The van der Waals surface area contributed by atoms with Gasteiger partial charge in [0.1, 0.15) is 11.9 Å². The highest BCUT2D eigenvalue weighted by atomic mass is 19.4. The number of ether oxygens (including phenoxy) is 1. The number of fused-ring (bicyclic) bond motifs is 1. The first-order valence-electron chi connectivity index (χ1n) is 10.6. The lowest BCUT2D eigenvalue weighted by atomic mass is 9.97. The first kappa shape index (κ1) is 22.3. The number of hydrogen-bond acceptors (Lipinski definition) is 6. The average Bonchev–Trinajstić information content (AvgIpc) is 2.75. The number of nitrogens with zero attached hydrogens (tertiary/aromatic N) is 4. The molecule has 1 aromatic carbocycles. The van der Waals surface area contributed by atoms with Gasteiger partial charge in [0.25, 0.3) is 0 Å². The molecule has 1 aliphatic heterocycles. The molecule has 1 atom stereocenters. The van der Waals surface area contributed by atoms with Gasteiger partial charge >= 0.3 is 6.18 Å². The number of benzene rings is 1. The minimum Gasteiger partial charge on any atom is -0.489 e. The van der Waals surface area contributed by atoms with Gasteiger partial charge in [-0.2, -0.15) is 18.3 Å². The topological polar surface area (TPSA) is 63.2 Å². The summed E-state index contributed by atoms with van der Waals surface area (Å²) in [5, 5.41) is 12.1. The van der Waals surface area contributed by atoms with Gasteiger partial charge < -0.3 is 15.0 Å². The number of aromatic nitrogens is 3. The fourth-order valence-corrected chi connectivity index (χ4v) is 4.12. The summed E-state index contributed by atoms with van der Waals surface area (Å²) in [5.74, 6) is 1.10. The SMILES string of the molecule is Cc1c([C@@H](C)Nc2nncc3ncc(OC4CCN(C)CC4)cc23)cccc1C(F)(F)F. The van der Waals surface area contributed by atoms with Crippen molar-refractivity contribution in [3.05, 3.63) is 53.3 Å². The molecule has 3 heterocycles. The van der Waals surface area contributed by atoms with Crippen molar-refractivity contribution in [1.82, 2.24) is 20.1 Å². The molecule has 1 aliphatic rings. The number of alkyl halides is 3. The molecular weight excluding hydrogens is 419 g/mol. The molecule has 0 amide bonds. The van der Waals surface area contributed by atoms with Crippen LogP contribution in [0.4, 0.5) is 19.0 Å². The van der Waals surface area contributed by atoms with Gasteiger partial charge in [-0.15, -0.1) is 5.10 Å². The third kappa shape index (κ3) is 4.77. The van der Waals surface area contributed by atoms with E-state index < -0.39 is 17.8 Å². The summed E-state index contributed by atoms with van der Waals surface area (Å²) in [5.41, 5.74) is 0.734. The minimum atomic E-state index is -4.40. The summed E-state index contributed by atoms with van der Waals surface area (Å²) in [6.07, 6.45) is 0.846.